The lowest BCUT2D eigenvalue weighted by Gasteiger charge is -2.13. The van der Waals surface area contributed by atoms with Crippen LogP contribution in [-0.2, 0) is 0 Å². The van der Waals surface area contributed by atoms with E-state index in [2.05, 4.69) is 10.6 Å². The van der Waals surface area contributed by atoms with Gasteiger partial charge in [-0.15, -0.1) is 0 Å². The third-order valence-corrected chi connectivity index (χ3v) is 3.60. The smallest absolute Gasteiger partial charge is 0.175 e. The number of rotatable bonds is 2. The first-order valence-electron chi connectivity index (χ1n) is 5.75. The Morgan fingerprint density at radius 3 is 2.50 bits per heavy atom. The highest BCUT2D eigenvalue weighted by Gasteiger charge is 2.08. The van der Waals surface area contributed by atoms with Crippen LogP contribution in [0.15, 0.2) is 36.4 Å². The van der Waals surface area contributed by atoms with E-state index in [1.807, 2.05) is 6.92 Å². The Balaban J connectivity index is 2.11. The van der Waals surface area contributed by atoms with E-state index in [0.717, 1.165) is 5.56 Å². The summed E-state index contributed by atoms with van der Waals surface area (Å²) in [5.74, 6) is -0.369. The molecule has 0 unspecified atom stereocenters. The molecule has 2 rings (SSSR count). The maximum atomic E-state index is 13.7. The maximum Gasteiger partial charge on any atom is 0.175 e. The fraction of sp³-hybridized carbons (Fsp3) is 0.0714. The zero-order valence-electron chi connectivity index (χ0n) is 10.5. The first-order chi connectivity index (χ1) is 9.47. The van der Waals surface area contributed by atoms with E-state index in [9.17, 15) is 4.39 Å². The van der Waals surface area contributed by atoms with Gasteiger partial charge in [-0.05, 0) is 49.0 Å². The molecule has 2 aromatic rings. The van der Waals surface area contributed by atoms with E-state index in [1.54, 1.807) is 30.3 Å². The first-order valence-corrected chi connectivity index (χ1v) is 6.92. The van der Waals surface area contributed by atoms with Crippen LogP contribution >= 0.6 is 35.4 Å². The van der Waals surface area contributed by atoms with Crippen LogP contribution in [0.2, 0.25) is 10.0 Å². The Kier molecular flexibility index (Phi) is 4.81. The average Bonchev–Trinajstić information content (AvgIpc) is 2.38. The molecule has 0 aliphatic carbocycles. The summed E-state index contributed by atoms with van der Waals surface area (Å²) in [4.78, 5) is 0. The third kappa shape index (κ3) is 3.60. The van der Waals surface area contributed by atoms with Crippen LogP contribution in [-0.4, -0.2) is 5.11 Å². The minimum atomic E-state index is -0.369. The van der Waals surface area contributed by atoms with Crippen LogP contribution in [0.5, 0.6) is 0 Å². The monoisotopic (exact) mass is 328 g/mol. The summed E-state index contributed by atoms with van der Waals surface area (Å²) in [6.07, 6.45) is 0. The van der Waals surface area contributed by atoms with E-state index in [-0.39, 0.29) is 10.9 Å². The van der Waals surface area contributed by atoms with Crippen molar-refractivity contribution in [3.63, 3.8) is 0 Å². The van der Waals surface area contributed by atoms with Gasteiger partial charge in [-0.2, -0.15) is 0 Å². The van der Waals surface area contributed by atoms with Crippen molar-refractivity contribution in [3.8, 4) is 0 Å². The number of aryl methyl sites for hydroxylation is 1. The molecule has 0 amide bonds. The number of halogens is 3. The fourth-order valence-electron chi connectivity index (χ4n) is 1.60. The molecule has 0 fully saturated rings. The second-order valence-corrected chi connectivity index (χ2v) is 5.36. The van der Waals surface area contributed by atoms with Crippen molar-refractivity contribution in [2.75, 3.05) is 10.6 Å². The Hall–Kier alpha value is -1.36. The molecule has 104 valence electrons. The SMILES string of the molecule is Cc1ccc(NC(=S)Nc2cccc(Cl)c2Cl)c(F)c1. The standard InChI is InChI=1S/C14H11Cl2FN2S/c1-8-5-6-11(10(17)7-8)18-14(20)19-12-4-2-3-9(15)13(12)16/h2-7H,1H3,(H2,18,19,20). The molecule has 0 aliphatic heterocycles. The van der Waals surface area contributed by atoms with E-state index in [0.29, 0.717) is 21.4 Å². The van der Waals surface area contributed by atoms with Gasteiger partial charge in [0.25, 0.3) is 0 Å². The quantitative estimate of drug-likeness (QED) is 0.736. The van der Waals surface area contributed by atoms with Crippen molar-refractivity contribution >= 4 is 51.9 Å². The number of thiocarbonyl (C=S) groups is 1. The number of nitrogens with one attached hydrogen (secondary N) is 2. The van der Waals surface area contributed by atoms with Gasteiger partial charge in [0.1, 0.15) is 5.82 Å². The highest BCUT2D eigenvalue weighted by atomic mass is 35.5. The van der Waals surface area contributed by atoms with Crippen molar-refractivity contribution in [2.45, 2.75) is 6.92 Å². The van der Waals surface area contributed by atoms with Crippen LogP contribution in [0.3, 0.4) is 0 Å². The van der Waals surface area contributed by atoms with Gasteiger partial charge in [0.2, 0.25) is 0 Å². The van der Waals surface area contributed by atoms with Crippen LogP contribution in [0.4, 0.5) is 15.8 Å². The van der Waals surface area contributed by atoms with Crippen molar-refractivity contribution in [2.24, 2.45) is 0 Å². The van der Waals surface area contributed by atoms with E-state index >= 15 is 0 Å². The zero-order chi connectivity index (χ0) is 14.7. The lowest BCUT2D eigenvalue weighted by atomic mass is 10.2. The summed E-state index contributed by atoms with van der Waals surface area (Å²) < 4.78 is 13.7. The van der Waals surface area contributed by atoms with Gasteiger partial charge in [0, 0.05) is 0 Å². The Morgan fingerprint density at radius 1 is 1.10 bits per heavy atom. The topological polar surface area (TPSA) is 24.1 Å². The number of hydrogen-bond donors (Lipinski definition) is 2. The average molecular weight is 329 g/mol. The van der Waals surface area contributed by atoms with E-state index < -0.39 is 0 Å². The van der Waals surface area contributed by atoms with Crippen LogP contribution < -0.4 is 10.6 Å². The lowest BCUT2D eigenvalue weighted by molar-refractivity contribution is 0.631. The van der Waals surface area contributed by atoms with Gasteiger partial charge < -0.3 is 10.6 Å². The zero-order valence-corrected chi connectivity index (χ0v) is 12.8. The second-order valence-electron chi connectivity index (χ2n) is 4.16. The fourth-order valence-corrected chi connectivity index (χ4v) is 2.17. The number of anilines is 2. The molecule has 2 nitrogen and oxygen atoms in total. The molecule has 0 saturated carbocycles. The largest absolute Gasteiger partial charge is 0.331 e. The van der Waals surface area contributed by atoms with Gasteiger partial charge >= 0.3 is 0 Å². The Labute approximate surface area is 131 Å². The van der Waals surface area contributed by atoms with Gasteiger partial charge in [0.05, 0.1) is 21.4 Å². The molecule has 0 aromatic heterocycles. The first kappa shape index (κ1) is 15.0. The van der Waals surface area contributed by atoms with Crippen LogP contribution in [0.25, 0.3) is 0 Å². The normalized spacial score (nSPS) is 10.2. The minimum absolute atomic E-state index is 0.233. The second kappa shape index (κ2) is 6.39. The molecule has 0 saturated heterocycles. The molecule has 2 N–H and O–H groups in total. The summed E-state index contributed by atoms with van der Waals surface area (Å²) in [5.41, 5.74) is 1.69. The van der Waals surface area contributed by atoms with Gasteiger partial charge in [-0.25, -0.2) is 4.39 Å². The van der Waals surface area contributed by atoms with Crippen LogP contribution in [0.1, 0.15) is 5.56 Å². The van der Waals surface area contributed by atoms with Gasteiger partial charge in [-0.1, -0.05) is 35.3 Å². The Morgan fingerprint density at radius 2 is 1.80 bits per heavy atom. The molecule has 20 heavy (non-hydrogen) atoms. The predicted octanol–water partition coefficient (Wildman–Crippen LogP) is 5.25. The Bertz CT molecular complexity index is 662. The number of hydrogen-bond acceptors (Lipinski definition) is 1. The van der Waals surface area contributed by atoms with Gasteiger partial charge in [0.15, 0.2) is 5.11 Å². The summed E-state index contributed by atoms with van der Waals surface area (Å²) in [6.45, 7) is 1.81. The van der Waals surface area contributed by atoms with Crippen molar-refractivity contribution in [3.05, 3.63) is 57.8 Å². The highest BCUT2D eigenvalue weighted by Crippen LogP contribution is 2.29. The maximum absolute atomic E-state index is 13.7. The molecule has 0 atom stereocenters. The van der Waals surface area contributed by atoms with E-state index in [4.69, 9.17) is 35.4 Å². The minimum Gasteiger partial charge on any atom is -0.331 e. The molecular formula is C14H11Cl2FN2S. The molecular weight excluding hydrogens is 318 g/mol. The predicted molar refractivity (Wildman–Crippen MR) is 87.4 cm³/mol. The molecule has 0 radical (unpaired) electrons. The molecule has 0 heterocycles. The summed E-state index contributed by atoms with van der Waals surface area (Å²) in [5, 5.41) is 6.67. The van der Waals surface area contributed by atoms with Crippen molar-refractivity contribution in [1.82, 2.24) is 0 Å². The molecule has 0 spiro atoms. The number of benzene rings is 2. The van der Waals surface area contributed by atoms with Crippen molar-refractivity contribution < 1.29 is 4.39 Å². The third-order valence-electron chi connectivity index (χ3n) is 2.57. The van der Waals surface area contributed by atoms with Gasteiger partial charge in [-0.3, -0.25) is 0 Å². The van der Waals surface area contributed by atoms with E-state index in [1.165, 1.54) is 6.07 Å². The highest BCUT2D eigenvalue weighted by molar-refractivity contribution is 7.80. The van der Waals surface area contributed by atoms with Crippen molar-refractivity contribution in [1.29, 1.82) is 0 Å². The molecule has 2 aromatic carbocycles. The summed E-state index contributed by atoms with van der Waals surface area (Å²) in [7, 11) is 0. The lowest BCUT2D eigenvalue weighted by Crippen LogP contribution is -2.20. The molecule has 0 aliphatic rings. The summed E-state index contributed by atoms with van der Waals surface area (Å²) >= 11 is 17.1. The summed E-state index contributed by atoms with van der Waals surface area (Å²) in [6, 6.07) is 9.99. The molecule has 0 bridgehead atoms. The van der Waals surface area contributed by atoms with Crippen LogP contribution in [0, 0.1) is 12.7 Å². The molecule has 6 heteroatoms.